The van der Waals surface area contributed by atoms with Crippen molar-refractivity contribution in [3.05, 3.63) is 93.0 Å². The van der Waals surface area contributed by atoms with Crippen LogP contribution in [0.25, 0.3) is 0 Å². The molecule has 1 amide bonds. The van der Waals surface area contributed by atoms with Gasteiger partial charge in [-0.2, -0.15) is 0 Å². The molecule has 0 fully saturated rings. The average molecular weight is 436 g/mol. The van der Waals surface area contributed by atoms with E-state index in [2.05, 4.69) is 17.4 Å². The predicted octanol–water partition coefficient (Wildman–Crippen LogP) is 4.24. The molecule has 1 aromatic heterocycles. The van der Waals surface area contributed by atoms with Gasteiger partial charge in [0.1, 0.15) is 11.5 Å². The number of benzene rings is 2. The van der Waals surface area contributed by atoms with Crippen LogP contribution in [0.2, 0.25) is 0 Å². The van der Waals surface area contributed by atoms with E-state index < -0.39 is 17.1 Å². The number of hydrogen-bond acceptors (Lipinski definition) is 5. The second-order valence-electron chi connectivity index (χ2n) is 7.86. The van der Waals surface area contributed by atoms with E-state index >= 15 is 0 Å². The van der Waals surface area contributed by atoms with Crippen molar-refractivity contribution in [3.8, 4) is 11.5 Å². The molecule has 0 spiro atoms. The summed E-state index contributed by atoms with van der Waals surface area (Å²) in [6, 6.07) is 16.9. The predicted molar refractivity (Wildman–Crippen MR) is 123 cm³/mol. The summed E-state index contributed by atoms with van der Waals surface area (Å²) in [5, 5.41) is 13.4. The van der Waals surface area contributed by atoms with Gasteiger partial charge < -0.3 is 19.6 Å². The van der Waals surface area contributed by atoms with Gasteiger partial charge in [-0.15, -0.1) is 0 Å². The van der Waals surface area contributed by atoms with E-state index in [0.717, 1.165) is 24.0 Å². The molecule has 1 atom stereocenters. The van der Waals surface area contributed by atoms with E-state index in [-0.39, 0.29) is 18.1 Å². The third-order valence-corrected chi connectivity index (χ3v) is 5.42. The lowest BCUT2D eigenvalue weighted by molar-refractivity contribution is -0.121. The fourth-order valence-corrected chi connectivity index (χ4v) is 3.70. The number of nitrogens with one attached hydrogen (secondary N) is 1. The minimum Gasteiger partial charge on any atom is -0.502 e. The minimum atomic E-state index is -0.633. The quantitative estimate of drug-likeness (QED) is 0.491. The molecule has 0 saturated heterocycles. The molecule has 0 aliphatic rings. The Morgan fingerprint density at radius 3 is 2.59 bits per heavy atom. The zero-order valence-electron chi connectivity index (χ0n) is 18.7. The summed E-state index contributed by atoms with van der Waals surface area (Å²) in [6.45, 7) is 4.09. The van der Waals surface area contributed by atoms with Crippen LogP contribution < -0.4 is 15.5 Å². The first-order valence-corrected chi connectivity index (χ1v) is 10.7. The van der Waals surface area contributed by atoms with E-state index in [0.29, 0.717) is 18.1 Å². The standard InChI is InChI=1S/C26H29NO5/c1-17-11-12-20(15-23(17)31-3)21(26-25(30)22(28)14-18(2)32-26)16-24(29)27-13-7-10-19-8-5-4-6-9-19/h4-6,8-9,11-12,14-15,21,30H,7,10,13,16H2,1-3H3,(H,27,29). The number of carbonyl (C=O) groups is 1. The van der Waals surface area contributed by atoms with E-state index in [1.54, 1.807) is 14.0 Å². The van der Waals surface area contributed by atoms with Crippen LogP contribution in [0, 0.1) is 13.8 Å². The number of rotatable bonds is 9. The van der Waals surface area contributed by atoms with Crippen LogP contribution in [-0.2, 0) is 11.2 Å². The van der Waals surface area contributed by atoms with E-state index in [4.69, 9.17) is 9.15 Å². The van der Waals surface area contributed by atoms with Gasteiger partial charge in [-0.25, -0.2) is 0 Å². The van der Waals surface area contributed by atoms with Crippen LogP contribution in [0.4, 0.5) is 0 Å². The summed E-state index contributed by atoms with van der Waals surface area (Å²) < 4.78 is 11.1. The highest BCUT2D eigenvalue weighted by atomic mass is 16.5. The fourth-order valence-electron chi connectivity index (χ4n) is 3.70. The molecule has 0 saturated carbocycles. The summed E-state index contributed by atoms with van der Waals surface area (Å²) in [4.78, 5) is 24.9. The normalized spacial score (nSPS) is 11.7. The van der Waals surface area contributed by atoms with Crippen molar-refractivity contribution < 1.29 is 19.1 Å². The number of aryl methyl sites for hydroxylation is 3. The molecule has 32 heavy (non-hydrogen) atoms. The molecule has 3 aromatic rings. The Hall–Kier alpha value is -3.54. The van der Waals surface area contributed by atoms with E-state index in [1.807, 2.05) is 43.3 Å². The lowest BCUT2D eigenvalue weighted by Crippen LogP contribution is -2.27. The van der Waals surface area contributed by atoms with Crippen LogP contribution in [-0.4, -0.2) is 24.7 Å². The summed E-state index contributed by atoms with van der Waals surface area (Å²) in [5.74, 6) is -0.185. The number of hydrogen-bond donors (Lipinski definition) is 2. The van der Waals surface area contributed by atoms with Crippen molar-refractivity contribution in [2.45, 2.75) is 39.0 Å². The molecule has 6 nitrogen and oxygen atoms in total. The van der Waals surface area contributed by atoms with Crippen LogP contribution in [0.1, 0.15) is 47.0 Å². The molecular weight excluding hydrogens is 406 g/mol. The summed E-state index contributed by atoms with van der Waals surface area (Å²) in [6.07, 6.45) is 1.70. The van der Waals surface area contributed by atoms with Crippen LogP contribution >= 0.6 is 0 Å². The van der Waals surface area contributed by atoms with Gasteiger partial charge >= 0.3 is 0 Å². The Kier molecular flexibility index (Phi) is 7.71. The summed E-state index contributed by atoms with van der Waals surface area (Å²) >= 11 is 0. The lowest BCUT2D eigenvalue weighted by atomic mass is 9.91. The third-order valence-electron chi connectivity index (χ3n) is 5.42. The number of amides is 1. The Morgan fingerprint density at radius 2 is 1.88 bits per heavy atom. The molecule has 168 valence electrons. The number of methoxy groups -OCH3 is 1. The highest BCUT2D eigenvalue weighted by Crippen LogP contribution is 2.35. The van der Waals surface area contributed by atoms with Crippen molar-refractivity contribution >= 4 is 5.91 Å². The molecule has 0 aliphatic heterocycles. The highest BCUT2D eigenvalue weighted by Gasteiger charge is 2.26. The maximum Gasteiger partial charge on any atom is 0.227 e. The average Bonchev–Trinajstić information content (AvgIpc) is 2.79. The first-order chi connectivity index (χ1) is 15.4. The van der Waals surface area contributed by atoms with Crippen molar-refractivity contribution in [1.29, 1.82) is 0 Å². The van der Waals surface area contributed by atoms with Crippen molar-refractivity contribution in [2.24, 2.45) is 0 Å². The van der Waals surface area contributed by atoms with Crippen molar-refractivity contribution in [3.63, 3.8) is 0 Å². The molecule has 0 aliphatic carbocycles. The van der Waals surface area contributed by atoms with Crippen molar-refractivity contribution in [2.75, 3.05) is 13.7 Å². The van der Waals surface area contributed by atoms with E-state index in [1.165, 1.54) is 11.6 Å². The smallest absolute Gasteiger partial charge is 0.227 e. The fraction of sp³-hybridized carbons (Fsp3) is 0.308. The zero-order chi connectivity index (χ0) is 23.1. The van der Waals surface area contributed by atoms with Crippen LogP contribution in [0.3, 0.4) is 0 Å². The minimum absolute atomic E-state index is 0.0253. The monoisotopic (exact) mass is 435 g/mol. The van der Waals surface area contributed by atoms with Gasteiger partial charge in [-0.05, 0) is 49.4 Å². The molecule has 1 heterocycles. The Bertz CT molecular complexity index is 1120. The largest absolute Gasteiger partial charge is 0.502 e. The second kappa shape index (κ2) is 10.7. The molecule has 0 radical (unpaired) electrons. The van der Waals surface area contributed by atoms with Crippen LogP contribution in [0.15, 0.2) is 63.8 Å². The summed E-state index contributed by atoms with van der Waals surface area (Å²) in [5.41, 5.74) is 2.35. The van der Waals surface area contributed by atoms with Gasteiger partial charge in [0.05, 0.1) is 13.0 Å². The van der Waals surface area contributed by atoms with Crippen molar-refractivity contribution in [1.82, 2.24) is 5.32 Å². The molecule has 2 aromatic carbocycles. The molecule has 1 unspecified atom stereocenters. The third kappa shape index (κ3) is 5.78. The first-order valence-electron chi connectivity index (χ1n) is 10.7. The maximum atomic E-state index is 12.8. The second-order valence-corrected chi connectivity index (χ2v) is 7.86. The Morgan fingerprint density at radius 1 is 1.12 bits per heavy atom. The maximum absolute atomic E-state index is 12.8. The molecule has 0 bridgehead atoms. The molecule has 2 N–H and O–H groups in total. The van der Waals surface area contributed by atoms with Gasteiger partial charge in [0, 0.05) is 19.0 Å². The van der Waals surface area contributed by atoms with Gasteiger partial charge in [-0.3, -0.25) is 9.59 Å². The number of aromatic hydroxyl groups is 1. The van der Waals surface area contributed by atoms with Gasteiger partial charge in [0.2, 0.25) is 17.1 Å². The van der Waals surface area contributed by atoms with Crippen LogP contribution in [0.5, 0.6) is 11.5 Å². The highest BCUT2D eigenvalue weighted by molar-refractivity contribution is 5.77. The molecular formula is C26H29NO5. The topological polar surface area (TPSA) is 88.8 Å². The molecule has 3 rings (SSSR count). The zero-order valence-corrected chi connectivity index (χ0v) is 18.7. The Balaban J connectivity index is 1.78. The van der Waals surface area contributed by atoms with E-state index in [9.17, 15) is 14.7 Å². The first kappa shape index (κ1) is 23.1. The van der Waals surface area contributed by atoms with Gasteiger partial charge in [0.15, 0.2) is 5.76 Å². The SMILES string of the molecule is COc1cc(C(CC(=O)NCCCc2ccccc2)c2oc(C)cc(=O)c2O)ccc1C. The molecule has 6 heteroatoms. The Labute approximate surface area is 187 Å². The summed E-state index contributed by atoms with van der Waals surface area (Å²) in [7, 11) is 1.57. The number of ether oxygens (including phenoxy) is 1. The van der Waals surface area contributed by atoms with Gasteiger partial charge in [-0.1, -0.05) is 42.5 Å². The lowest BCUT2D eigenvalue weighted by Gasteiger charge is -2.19. The van der Waals surface area contributed by atoms with Gasteiger partial charge in [0.25, 0.3) is 0 Å². The number of carbonyl (C=O) groups excluding carboxylic acids is 1.